The Morgan fingerprint density at radius 1 is 1.23 bits per heavy atom. The van der Waals surface area contributed by atoms with Crippen molar-refractivity contribution in [1.29, 1.82) is 0 Å². The molecule has 1 fully saturated rings. The van der Waals surface area contributed by atoms with Gasteiger partial charge in [0.2, 0.25) is 5.91 Å². The second-order valence-electron chi connectivity index (χ2n) is 9.50. The molecule has 1 saturated heterocycles. The summed E-state index contributed by atoms with van der Waals surface area (Å²) in [5, 5.41) is 15.8. The molecule has 0 spiro atoms. The first kappa shape index (κ1) is 29.2. The lowest BCUT2D eigenvalue weighted by atomic mass is 9.83. The first-order valence-corrected chi connectivity index (χ1v) is 11.0. The fourth-order valence-corrected chi connectivity index (χ4v) is 4.94. The van der Waals surface area contributed by atoms with Crippen LogP contribution in [-0.4, -0.2) is 58.9 Å². The van der Waals surface area contributed by atoms with Crippen LogP contribution in [0.15, 0.2) is 42.6 Å². The molecule has 35 heavy (non-hydrogen) atoms. The summed E-state index contributed by atoms with van der Waals surface area (Å²) in [6, 6.07) is 8.17. The van der Waals surface area contributed by atoms with Crippen molar-refractivity contribution < 1.29 is 23.1 Å². The number of halogens is 5. The first-order chi connectivity index (χ1) is 15.5. The minimum atomic E-state index is -4.70. The van der Waals surface area contributed by atoms with Gasteiger partial charge in [-0.25, -0.2) is 0 Å². The van der Waals surface area contributed by atoms with Gasteiger partial charge in [0, 0.05) is 25.0 Å². The van der Waals surface area contributed by atoms with Gasteiger partial charge in [-0.05, 0) is 36.1 Å². The highest BCUT2D eigenvalue weighted by molar-refractivity contribution is 5.85. The third-order valence-corrected chi connectivity index (χ3v) is 6.86. The maximum Gasteiger partial charge on any atom is 0.414 e. The van der Waals surface area contributed by atoms with Crippen molar-refractivity contribution in [3.63, 3.8) is 0 Å². The molecule has 2 heterocycles. The number of aromatic nitrogens is 1. The number of aliphatic hydroxyl groups excluding tert-OH is 1. The summed E-state index contributed by atoms with van der Waals surface area (Å²) in [4.78, 5) is 17.4. The summed E-state index contributed by atoms with van der Waals surface area (Å²) in [6.45, 7) is 4.47. The maximum atomic E-state index is 13.9. The summed E-state index contributed by atoms with van der Waals surface area (Å²) in [5.74, 6) is -0.719. The molecule has 1 aliphatic heterocycles. The van der Waals surface area contributed by atoms with E-state index in [0.717, 1.165) is 13.5 Å². The topological polar surface area (TPSA) is 77.5 Å². The molecule has 0 radical (unpaired) electrons. The molecular formula is C24H31Cl2F3N4O2. The van der Waals surface area contributed by atoms with E-state index >= 15 is 0 Å². The van der Waals surface area contributed by atoms with Crippen LogP contribution in [0, 0.1) is 0 Å². The van der Waals surface area contributed by atoms with E-state index in [-0.39, 0.29) is 54.9 Å². The lowest BCUT2D eigenvalue weighted by Crippen LogP contribution is -2.47. The summed E-state index contributed by atoms with van der Waals surface area (Å²) >= 11 is 0. The number of nitrogens with zero attached hydrogens (tertiary/aromatic N) is 2. The molecule has 4 rings (SSSR count). The van der Waals surface area contributed by atoms with Crippen molar-refractivity contribution in [3.05, 3.63) is 59.4 Å². The number of hydrogen-bond acceptors (Lipinski definition) is 5. The van der Waals surface area contributed by atoms with Gasteiger partial charge in [0.1, 0.15) is 0 Å². The lowest BCUT2D eigenvalue weighted by Gasteiger charge is -2.32. The second-order valence-corrected chi connectivity index (χ2v) is 9.50. The zero-order valence-electron chi connectivity index (χ0n) is 19.7. The average Bonchev–Trinajstić information content (AvgIpc) is 3.29. The largest absolute Gasteiger partial charge is 0.414 e. The number of fused-ring (bicyclic) bond motifs is 1. The molecule has 3 N–H and O–H groups in total. The van der Waals surface area contributed by atoms with E-state index in [2.05, 4.69) is 41.6 Å². The molecule has 11 heteroatoms. The van der Waals surface area contributed by atoms with E-state index in [1.54, 1.807) is 6.07 Å². The van der Waals surface area contributed by atoms with Gasteiger partial charge in [0.25, 0.3) is 0 Å². The van der Waals surface area contributed by atoms with Crippen molar-refractivity contribution in [2.75, 3.05) is 18.9 Å². The van der Waals surface area contributed by atoms with Crippen LogP contribution in [0.3, 0.4) is 0 Å². The van der Waals surface area contributed by atoms with Crippen molar-refractivity contribution in [3.8, 4) is 0 Å². The predicted molar refractivity (Wildman–Crippen MR) is 133 cm³/mol. The van der Waals surface area contributed by atoms with Crippen molar-refractivity contribution >= 4 is 36.4 Å². The Morgan fingerprint density at radius 3 is 2.46 bits per heavy atom. The monoisotopic (exact) mass is 534 g/mol. The molecule has 1 unspecified atom stereocenters. The highest BCUT2D eigenvalue weighted by Crippen LogP contribution is 2.40. The SMILES string of the molecule is CN(C(=O)[C@@H]1C[C@@H](O)CN1)[C@@H](c1ccc(NC2Cc3ccccc3C2(C)C)cn1)C(F)(F)F.Cl.Cl. The number of rotatable bonds is 5. The van der Waals surface area contributed by atoms with Crippen LogP contribution in [0.25, 0.3) is 0 Å². The van der Waals surface area contributed by atoms with Crippen LogP contribution in [0.5, 0.6) is 0 Å². The quantitative estimate of drug-likeness (QED) is 0.540. The smallest absolute Gasteiger partial charge is 0.392 e. The van der Waals surface area contributed by atoms with E-state index < -0.39 is 30.3 Å². The van der Waals surface area contributed by atoms with Crippen molar-refractivity contribution in [2.24, 2.45) is 0 Å². The average molecular weight is 535 g/mol. The number of hydrogen-bond donors (Lipinski definition) is 3. The molecule has 2 aliphatic rings. The van der Waals surface area contributed by atoms with Crippen LogP contribution >= 0.6 is 24.8 Å². The molecule has 2 aromatic rings. The number of likely N-dealkylation sites (N-methyl/N-ethyl adjacent to an activating group) is 1. The van der Waals surface area contributed by atoms with Gasteiger partial charge in [0.05, 0.1) is 29.7 Å². The van der Waals surface area contributed by atoms with Crippen LogP contribution in [0.2, 0.25) is 0 Å². The highest BCUT2D eigenvalue weighted by atomic mass is 35.5. The Labute approximate surface area is 215 Å². The second kappa shape index (κ2) is 10.9. The standard InChI is InChI=1S/C24H29F3N4O2.2ClH/c1-23(2)17-7-5-4-6-14(17)10-20(23)30-15-8-9-18(28-12-15)21(24(25,26)27)31(3)22(33)19-11-16(32)13-29-19;;/h4-9,12,16,19-21,29-30,32H,10-11,13H2,1-3H3;2*1H/t16-,19+,20?,21+;;/m1../s1. The third-order valence-electron chi connectivity index (χ3n) is 6.86. The Balaban J connectivity index is 0.00000216. The van der Waals surface area contributed by atoms with Gasteiger partial charge in [-0.15, -0.1) is 24.8 Å². The van der Waals surface area contributed by atoms with Gasteiger partial charge in [0.15, 0.2) is 6.04 Å². The van der Waals surface area contributed by atoms with Crippen molar-refractivity contribution in [2.45, 2.75) is 62.5 Å². The number of alkyl halides is 3. The van der Waals surface area contributed by atoms with Gasteiger partial charge in [-0.2, -0.15) is 13.2 Å². The van der Waals surface area contributed by atoms with E-state index in [4.69, 9.17) is 0 Å². The van der Waals surface area contributed by atoms with Crippen LogP contribution in [0.4, 0.5) is 18.9 Å². The van der Waals surface area contributed by atoms with E-state index in [0.29, 0.717) is 10.6 Å². The molecule has 1 aromatic carbocycles. The van der Waals surface area contributed by atoms with Gasteiger partial charge in [-0.3, -0.25) is 9.78 Å². The Kier molecular flexibility index (Phi) is 9.08. The molecule has 1 aromatic heterocycles. The zero-order chi connectivity index (χ0) is 24.0. The Hall–Kier alpha value is -2.07. The van der Waals surface area contributed by atoms with E-state index in [1.807, 2.05) is 12.1 Å². The van der Waals surface area contributed by atoms with Gasteiger partial charge in [-0.1, -0.05) is 38.1 Å². The van der Waals surface area contributed by atoms with Gasteiger partial charge >= 0.3 is 6.18 Å². The lowest BCUT2D eigenvalue weighted by molar-refractivity contribution is -0.190. The number of β-amino-alcohol motifs (C(OH)–C–C–N with tert-alkyl or cyclic N) is 1. The highest BCUT2D eigenvalue weighted by Gasteiger charge is 2.48. The third kappa shape index (κ3) is 5.85. The number of nitrogens with one attached hydrogen (secondary N) is 2. The molecule has 1 aliphatic carbocycles. The van der Waals surface area contributed by atoms with Crippen LogP contribution in [0.1, 0.15) is 43.1 Å². The number of benzene rings is 1. The van der Waals surface area contributed by atoms with E-state index in [9.17, 15) is 23.1 Å². The van der Waals surface area contributed by atoms with Gasteiger partial charge < -0.3 is 20.6 Å². The molecule has 0 bridgehead atoms. The number of pyridine rings is 1. The fraction of sp³-hybridized carbons (Fsp3) is 0.500. The van der Waals surface area contributed by atoms with Crippen LogP contribution in [-0.2, 0) is 16.6 Å². The number of amides is 1. The molecule has 4 atom stereocenters. The summed E-state index contributed by atoms with van der Waals surface area (Å²) in [7, 11) is 1.12. The first-order valence-electron chi connectivity index (χ1n) is 11.0. The Bertz CT molecular complexity index is 1020. The minimum absolute atomic E-state index is 0. The predicted octanol–water partition coefficient (Wildman–Crippen LogP) is 4.02. The fourth-order valence-electron chi connectivity index (χ4n) is 4.94. The number of carbonyl (C=O) groups is 1. The Morgan fingerprint density at radius 2 is 1.91 bits per heavy atom. The molecule has 6 nitrogen and oxygen atoms in total. The minimum Gasteiger partial charge on any atom is -0.392 e. The van der Waals surface area contributed by atoms with E-state index in [1.165, 1.54) is 23.4 Å². The summed E-state index contributed by atoms with van der Waals surface area (Å²) < 4.78 is 41.8. The molecule has 0 saturated carbocycles. The maximum absolute atomic E-state index is 13.9. The summed E-state index contributed by atoms with van der Waals surface area (Å²) in [6.07, 6.45) is -3.15. The normalized spacial score (nSPS) is 23.5. The number of anilines is 1. The number of carbonyl (C=O) groups excluding carboxylic acids is 1. The zero-order valence-corrected chi connectivity index (χ0v) is 21.3. The number of aliphatic hydroxyl groups is 1. The molecule has 1 amide bonds. The van der Waals surface area contributed by atoms with Crippen LogP contribution < -0.4 is 10.6 Å². The van der Waals surface area contributed by atoms with Crippen molar-refractivity contribution in [1.82, 2.24) is 15.2 Å². The summed E-state index contributed by atoms with van der Waals surface area (Å²) in [5.41, 5.74) is 2.74. The molecular weight excluding hydrogens is 504 g/mol. The molecule has 194 valence electrons.